The second-order valence-electron chi connectivity index (χ2n) is 4.03. The van der Waals surface area contributed by atoms with Crippen molar-refractivity contribution >= 4 is 11.7 Å². The number of rotatable bonds is 3. The molecule has 0 radical (unpaired) electrons. The summed E-state index contributed by atoms with van der Waals surface area (Å²) in [6.07, 6.45) is 0.403. The van der Waals surface area contributed by atoms with Crippen molar-refractivity contribution in [3.8, 4) is 5.75 Å². The lowest BCUT2D eigenvalue weighted by Gasteiger charge is -2.13. The molecule has 0 amide bonds. The summed E-state index contributed by atoms with van der Waals surface area (Å²) in [4.78, 5) is 10.7. The van der Waals surface area contributed by atoms with Crippen LogP contribution in [0.2, 0.25) is 0 Å². The molecular weight excluding hydrogens is 208 g/mol. The van der Waals surface area contributed by atoms with Crippen LogP contribution < -0.4 is 11.1 Å². The second-order valence-corrected chi connectivity index (χ2v) is 4.03. The number of nitrogens with one attached hydrogen (secondary N) is 1. The number of hydrogen-bond donors (Lipinski definition) is 4. The van der Waals surface area contributed by atoms with Crippen LogP contribution in [0.5, 0.6) is 5.75 Å². The van der Waals surface area contributed by atoms with Gasteiger partial charge in [-0.25, -0.2) is 0 Å². The van der Waals surface area contributed by atoms with Crippen LogP contribution in [0.3, 0.4) is 0 Å². The van der Waals surface area contributed by atoms with Crippen LogP contribution in [0.15, 0.2) is 18.2 Å². The summed E-state index contributed by atoms with van der Waals surface area (Å²) in [5, 5.41) is 21.2. The predicted octanol–water partition coefficient (Wildman–Crippen LogP) is 0.703. The molecule has 0 saturated heterocycles. The molecule has 0 saturated carbocycles. The molecule has 5 heteroatoms. The Bertz CT molecular complexity index is 420. The van der Waals surface area contributed by atoms with E-state index in [0.29, 0.717) is 13.0 Å². The fourth-order valence-corrected chi connectivity index (χ4v) is 2.01. The van der Waals surface area contributed by atoms with E-state index in [4.69, 9.17) is 10.8 Å². The molecule has 2 atom stereocenters. The number of carboxylic acid groups (broad SMARTS) is 1. The Morgan fingerprint density at radius 1 is 1.62 bits per heavy atom. The average molecular weight is 222 g/mol. The molecule has 0 aliphatic carbocycles. The van der Waals surface area contributed by atoms with Crippen molar-refractivity contribution in [2.24, 2.45) is 5.73 Å². The lowest BCUT2D eigenvalue weighted by molar-refractivity contribution is -0.138. The molecule has 1 aliphatic rings. The fourth-order valence-electron chi connectivity index (χ4n) is 2.01. The monoisotopic (exact) mass is 222 g/mol. The Kier molecular flexibility index (Phi) is 2.70. The number of hydrogen-bond acceptors (Lipinski definition) is 4. The SMILES string of the molecule is N[C@@H](C[C@H]1CNc2cc(O)ccc21)C(=O)O. The van der Waals surface area contributed by atoms with E-state index in [1.54, 1.807) is 12.1 Å². The number of nitrogens with two attached hydrogens (primary N) is 1. The van der Waals surface area contributed by atoms with Crippen molar-refractivity contribution in [1.29, 1.82) is 0 Å². The zero-order valence-corrected chi connectivity index (χ0v) is 8.68. The normalized spacial score (nSPS) is 19.9. The summed E-state index contributed by atoms with van der Waals surface area (Å²) in [5.41, 5.74) is 7.39. The number of aromatic hydroxyl groups is 1. The van der Waals surface area contributed by atoms with Crippen molar-refractivity contribution in [3.05, 3.63) is 23.8 Å². The molecule has 0 bridgehead atoms. The van der Waals surface area contributed by atoms with Gasteiger partial charge in [0.15, 0.2) is 0 Å². The Morgan fingerprint density at radius 2 is 2.38 bits per heavy atom. The van der Waals surface area contributed by atoms with Gasteiger partial charge in [-0.05, 0) is 18.1 Å². The van der Waals surface area contributed by atoms with E-state index in [2.05, 4.69) is 5.32 Å². The largest absolute Gasteiger partial charge is 0.508 e. The van der Waals surface area contributed by atoms with Crippen LogP contribution in [0, 0.1) is 0 Å². The summed E-state index contributed by atoms with van der Waals surface area (Å²) in [6.45, 7) is 0.666. The first kappa shape index (κ1) is 10.8. The Labute approximate surface area is 92.9 Å². The first-order valence-corrected chi connectivity index (χ1v) is 5.13. The van der Waals surface area contributed by atoms with E-state index in [9.17, 15) is 9.90 Å². The number of phenolic OH excluding ortho intramolecular Hbond substituents is 1. The summed E-state index contributed by atoms with van der Waals surface area (Å²) < 4.78 is 0. The average Bonchev–Trinajstić information content (AvgIpc) is 2.60. The van der Waals surface area contributed by atoms with Crippen LogP contribution >= 0.6 is 0 Å². The Morgan fingerprint density at radius 3 is 3.06 bits per heavy atom. The minimum atomic E-state index is -0.979. The molecule has 86 valence electrons. The topological polar surface area (TPSA) is 95.6 Å². The third-order valence-electron chi connectivity index (χ3n) is 2.87. The van der Waals surface area contributed by atoms with Gasteiger partial charge in [0.05, 0.1) is 0 Å². The molecule has 0 fully saturated rings. The maximum atomic E-state index is 10.7. The van der Waals surface area contributed by atoms with Crippen molar-refractivity contribution < 1.29 is 15.0 Å². The predicted molar refractivity (Wildman–Crippen MR) is 59.6 cm³/mol. The summed E-state index contributed by atoms with van der Waals surface area (Å²) >= 11 is 0. The van der Waals surface area contributed by atoms with Crippen molar-refractivity contribution in [2.75, 3.05) is 11.9 Å². The van der Waals surface area contributed by atoms with Crippen LogP contribution in [0.1, 0.15) is 17.9 Å². The molecule has 5 nitrogen and oxygen atoms in total. The molecule has 1 aromatic rings. The number of carboxylic acids is 1. The molecule has 1 aromatic carbocycles. The third-order valence-corrected chi connectivity index (χ3v) is 2.87. The van der Waals surface area contributed by atoms with E-state index < -0.39 is 12.0 Å². The summed E-state index contributed by atoms with van der Waals surface area (Å²) in [6, 6.07) is 4.21. The third kappa shape index (κ3) is 1.94. The van der Waals surface area contributed by atoms with Gasteiger partial charge in [-0.1, -0.05) is 6.07 Å². The zero-order valence-electron chi connectivity index (χ0n) is 8.68. The van der Waals surface area contributed by atoms with Crippen LogP contribution in [0.4, 0.5) is 5.69 Å². The molecule has 2 rings (SSSR count). The van der Waals surface area contributed by atoms with Crippen molar-refractivity contribution in [2.45, 2.75) is 18.4 Å². The molecule has 0 spiro atoms. The van der Waals surface area contributed by atoms with Gasteiger partial charge in [0.2, 0.25) is 0 Å². The fraction of sp³-hybridized carbons (Fsp3) is 0.364. The maximum absolute atomic E-state index is 10.7. The van der Waals surface area contributed by atoms with Gasteiger partial charge in [-0.2, -0.15) is 0 Å². The number of carbonyl (C=O) groups is 1. The summed E-state index contributed by atoms with van der Waals surface area (Å²) in [5.74, 6) is -0.677. The Hall–Kier alpha value is -1.75. The number of fused-ring (bicyclic) bond motifs is 1. The molecule has 0 unspecified atom stereocenters. The van der Waals surface area contributed by atoms with Gasteiger partial charge in [0.25, 0.3) is 0 Å². The molecule has 0 aromatic heterocycles. The number of aliphatic carboxylic acids is 1. The van der Waals surface area contributed by atoms with Crippen molar-refractivity contribution in [1.82, 2.24) is 0 Å². The van der Waals surface area contributed by atoms with Crippen molar-refractivity contribution in [3.63, 3.8) is 0 Å². The van der Waals surface area contributed by atoms with E-state index in [0.717, 1.165) is 11.3 Å². The molecule has 1 aliphatic heterocycles. The second kappa shape index (κ2) is 4.02. The molecule has 1 heterocycles. The van der Waals surface area contributed by atoms with E-state index in [1.807, 2.05) is 6.07 Å². The summed E-state index contributed by atoms with van der Waals surface area (Å²) in [7, 11) is 0. The lowest BCUT2D eigenvalue weighted by Crippen LogP contribution is -2.32. The van der Waals surface area contributed by atoms with Crippen LogP contribution in [-0.2, 0) is 4.79 Å². The van der Waals surface area contributed by atoms with Gasteiger partial charge < -0.3 is 21.3 Å². The highest BCUT2D eigenvalue weighted by atomic mass is 16.4. The van der Waals surface area contributed by atoms with Gasteiger partial charge in [0.1, 0.15) is 11.8 Å². The first-order valence-electron chi connectivity index (χ1n) is 5.13. The highest BCUT2D eigenvalue weighted by molar-refractivity contribution is 5.73. The standard InChI is InChI=1S/C11H14N2O3/c12-9(11(15)16)3-6-5-13-10-4-7(14)1-2-8(6)10/h1-2,4,6,9,13-14H,3,5,12H2,(H,15,16)/t6-,9-/m0/s1. The molecule has 16 heavy (non-hydrogen) atoms. The Balaban J connectivity index is 2.15. The minimum absolute atomic E-state index is 0.0988. The first-order chi connectivity index (χ1) is 7.58. The maximum Gasteiger partial charge on any atom is 0.320 e. The highest BCUT2D eigenvalue weighted by Gasteiger charge is 2.26. The van der Waals surface area contributed by atoms with E-state index in [-0.39, 0.29) is 11.7 Å². The molecule has 5 N–H and O–H groups in total. The van der Waals surface area contributed by atoms with Gasteiger partial charge >= 0.3 is 5.97 Å². The lowest BCUT2D eigenvalue weighted by atomic mass is 9.94. The number of benzene rings is 1. The quantitative estimate of drug-likeness (QED) is 0.604. The minimum Gasteiger partial charge on any atom is -0.508 e. The molecular formula is C11H14N2O3. The van der Waals surface area contributed by atoms with Gasteiger partial charge in [-0.15, -0.1) is 0 Å². The van der Waals surface area contributed by atoms with Crippen LogP contribution in [-0.4, -0.2) is 28.8 Å². The van der Waals surface area contributed by atoms with Crippen LogP contribution in [0.25, 0.3) is 0 Å². The van der Waals surface area contributed by atoms with Gasteiger partial charge in [0, 0.05) is 24.2 Å². The zero-order chi connectivity index (χ0) is 11.7. The number of anilines is 1. The number of phenols is 1. The highest BCUT2D eigenvalue weighted by Crippen LogP contribution is 2.36. The van der Waals surface area contributed by atoms with E-state index in [1.165, 1.54) is 0 Å². The smallest absolute Gasteiger partial charge is 0.320 e. The van der Waals surface area contributed by atoms with Gasteiger partial charge in [-0.3, -0.25) is 4.79 Å². The van der Waals surface area contributed by atoms with E-state index >= 15 is 0 Å².